The van der Waals surface area contributed by atoms with Crippen LogP contribution in [0.1, 0.15) is 17.2 Å². The Morgan fingerprint density at radius 2 is 1.70 bits per heavy atom. The fraction of sp³-hybridized carbons (Fsp3) is 0.105. The average Bonchev–Trinajstić information content (AvgIpc) is 3.06. The van der Waals surface area contributed by atoms with Crippen LogP contribution in [0.25, 0.3) is 28.0 Å². The van der Waals surface area contributed by atoms with Crippen molar-refractivity contribution in [3.63, 3.8) is 0 Å². The molecule has 4 aromatic rings. The second-order valence-corrected chi connectivity index (χ2v) is 6.15. The zero-order chi connectivity index (χ0) is 19.0. The second kappa shape index (κ2) is 6.49. The molecule has 0 aliphatic rings. The predicted molar refractivity (Wildman–Crippen MR) is 103 cm³/mol. The summed E-state index contributed by atoms with van der Waals surface area (Å²) in [4.78, 5) is 13.5. The molecule has 0 bridgehead atoms. The SMILES string of the molecule is Cc1cc(-c2c(-c3ccccc3)nc(N)n3nc(/C=N/O)nc23)cc(C)n1. The first kappa shape index (κ1) is 16.6. The standard InChI is InChI=1S/C19H17N7O/c1-11-8-14(9-12(2)22-11)16-17(13-6-4-3-5-7-13)24-19(20)26-18(16)23-15(25-26)10-21-27/h3-10,27H,1-2H3,(H2,20,24)/b21-10+. The van der Waals surface area contributed by atoms with Gasteiger partial charge in [0.05, 0.1) is 11.3 Å². The van der Waals surface area contributed by atoms with E-state index in [1.807, 2.05) is 56.3 Å². The van der Waals surface area contributed by atoms with Crippen LogP contribution in [0, 0.1) is 13.8 Å². The quantitative estimate of drug-likeness (QED) is 0.330. The molecule has 0 radical (unpaired) electrons. The van der Waals surface area contributed by atoms with Crippen molar-refractivity contribution in [2.24, 2.45) is 5.16 Å². The van der Waals surface area contributed by atoms with Gasteiger partial charge in [0.1, 0.15) is 6.21 Å². The molecule has 134 valence electrons. The molecule has 8 nitrogen and oxygen atoms in total. The van der Waals surface area contributed by atoms with E-state index in [0.29, 0.717) is 11.3 Å². The number of nitrogen functional groups attached to an aromatic ring is 1. The Bertz CT molecular complexity index is 1150. The van der Waals surface area contributed by atoms with Crippen LogP contribution in [-0.2, 0) is 0 Å². The van der Waals surface area contributed by atoms with Gasteiger partial charge < -0.3 is 10.9 Å². The summed E-state index contributed by atoms with van der Waals surface area (Å²) >= 11 is 0. The zero-order valence-corrected chi connectivity index (χ0v) is 14.8. The van der Waals surface area contributed by atoms with Gasteiger partial charge in [-0.1, -0.05) is 35.5 Å². The number of nitrogens with zero attached hydrogens (tertiary/aromatic N) is 6. The molecule has 3 heterocycles. The van der Waals surface area contributed by atoms with Crippen molar-refractivity contribution in [1.82, 2.24) is 24.6 Å². The number of nitrogens with two attached hydrogens (primary N) is 1. The van der Waals surface area contributed by atoms with E-state index in [1.54, 1.807) is 0 Å². The first-order valence-electron chi connectivity index (χ1n) is 8.31. The van der Waals surface area contributed by atoms with E-state index < -0.39 is 0 Å². The van der Waals surface area contributed by atoms with Gasteiger partial charge in [-0.3, -0.25) is 4.98 Å². The molecule has 3 N–H and O–H groups in total. The molecular weight excluding hydrogens is 342 g/mol. The highest BCUT2D eigenvalue weighted by Gasteiger charge is 2.20. The molecule has 0 amide bonds. The molecule has 0 saturated heterocycles. The van der Waals surface area contributed by atoms with Crippen LogP contribution < -0.4 is 5.73 Å². The number of hydrogen-bond acceptors (Lipinski definition) is 7. The summed E-state index contributed by atoms with van der Waals surface area (Å²) in [6.45, 7) is 3.88. The van der Waals surface area contributed by atoms with Crippen molar-refractivity contribution in [3.05, 3.63) is 59.7 Å². The number of anilines is 1. The minimum atomic E-state index is 0.195. The van der Waals surface area contributed by atoms with Gasteiger partial charge in [0.25, 0.3) is 0 Å². The Morgan fingerprint density at radius 1 is 1.00 bits per heavy atom. The highest BCUT2D eigenvalue weighted by molar-refractivity contribution is 5.91. The molecule has 0 atom stereocenters. The number of hydrogen-bond donors (Lipinski definition) is 2. The van der Waals surface area contributed by atoms with Gasteiger partial charge in [0.2, 0.25) is 5.95 Å². The third kappa shape index (κ3) is 2.97. The maximum Gasteiger partial charge on any atom is 0.223 e. The van der Waals surface area contributed by atoms with E-state index in [0.717, 1.165) is 34.3 Å². The summed E-state index contributed by atoms with van der Waals surface area (Å²) in [5.74, 6) is 0.431. The van der Waals surface area contributed by atoms with Gasteiger partial charge in [0.15, 0.2) is 11.5 Å². The van der Waals surface area contributed by atoms with Gasteiger partial charge >= 0.3 is 0 Å². The van der Waals surface area contributed by atoms with Crippen LogP contribution in [0.2, 0.25) is 0 Å². The average molecular weight is 359 g/mol. The van der Waals surface area contributed by atoms with Gasteiger partial charge in [-0.25, -0.2) is 9.97 Å². The van der Waals surface area contributed by atoms with Crippen LogP contribution >= 0.6 is 0 Å². The lowest BCUT2D eigenvalue weighted by atomic mass is 9.99. The molecule has 0 fully saturated rings. The first-order valence-corrected chi connectivity index (χ1v) is 8.31. The molecule has 0 spiro atoms. The van der Waals surface area contributed by atoms with Gasteiger partial charge in [-0.05, 0) is 31.5 Å². The van der Waals surface area contributed by atoms with Crippen LogP contribution in [0.5, 0.6) is 0 Å². The van der Waals surface area contributed by atoms with Crippen molar-refractivity contribution in [2.45, 2.75) is 13.8 Å². The number of fused-ring (bicyclic) bond motifs is 1. The Hall–Kier alpha value is -3.81. The van der Waals surface area contributed by atoms with Crippen molar-refractivity contribution in [3.8, 4) is 22.4 Å². The lowest BCUT2D eigenvalue weighted by Gasteiger charge is -2.13. The predicted octanol–water partition coefficient (Wildman–Crippen LogP) is 2.86. The fourth-order valence-electron chi connectivity index (χ4n) is 3.13. The lowest BCUT2D eigenvalue weighted by molar-refractivity contribution is 0.321. The van der Waals surface area contributed by atoms with Gasteiger partial charge in [-0.15, -0.1) is 5.10 Å². The third-order valence-electron chi connectivity index (χ3n) is 4.12. The van der Waals surface area contributed by atoms with Gasteiger partial charge in [0, 0.05) is 17.0 Å². The van der Waals surface area contributed by atoms with E-state index >= 15 is 0 Å². The number of benzene rings is 1. The Balaban J connectivity index is 2.13. The van der Waals surface area contributed by atoms with Crippen molar-refractivity contribution >= 4 is 17.8 Å². The zero-order valence-electron chi connectivity index (χ0n) is 14.8. The molecule has 0 aliphatic heterocycles. The number of rotatable bonds is 3. The maximum absolute atomic E-state index is 8.83. The lowest BCUT2D eigenvalue weighted by Crippen LogP contribution is -2.06. The highest BCUT2D eigenvalue weighted by Crippen LogP contribution is 2.35. The van der Waals surface area contributed by atoms with E-state index in [2.05, 4.69) is 25.2 Å². The molecule has 4 rings (SSSR count). The molecule has 1 aromatic carbocycles. The summed E-state index contributed by atoms with van der Waals surface area (Å²) in [6, 6.07) is 13.7. The number of aryl methyl sites for hydroxylation is 2. The van der Waals surface area contributed by atoms with Crippen LogP contribution in [0.15, 0.2) is 47.6 Å². The van der Waals surface area contributed by atoms with E-state index in [-0.39, 0.29) is 11.8 Å². The second-order valence-electron chi connectivity index (χ2n) is 6.15. The Morgan fingerprint density at radius 3 is 2.37 bits per heavy atom. The van der Waals surface area contributed by atoms with Crippen molar-refractivity contribution < 1.29 is 5.21 Å². The normalized spacial score (nSPS) is 11.5. The van der Waals surface area contributed by atoms with Crippen molar-refractivity contribution in [1.29, 1.82) is 0 Å². The minimum absolute atomic E-state index is 0.195. The summed E-state index contributed by atoms with van der Waals surface area (Å²) in [5, 5.41) is 16.1. The van der Waals surface area contributed by atoms with E-state index in [9.17, 15) is 0 Å². The van der Waals surface area contributed by atoms with Crippen LogP contribution in [0.4, 0.5) is 5.95 Å². The summed E-state index contributed by atoms with van der Waals surface area (Å²) < 4.78 is 1.45. The minimum Gasteiger partial charge on any atom is -0.411 e. The van der Waals surface area contributed by atoms with Crippen LogP contribution in [-0.4, -0.2) is 36.0 Å². The first-order chi connectivity index (χ1) is 13.1. The topological polar surface area (TPSA) is 115 Å². The van der Waals surface area contributed by atoms with E-state index in [1.165, 1.54) is 4.52 Å². The molecular formula is C19H17N7O. The Labute approximate surface area is 155 Å². The molecule has 8 heteroatoms. The fourth-order valence-corrected chi connectivity index (χ4v) is 3.13. The number of oxime groups is 1. The highest BCUT2D eigenvalue weighted by atomic mass is 16.4. The monoisotopic (exact) mass is 359 g/mol. The number of aromatic nitrogens is 5. The maximum atomic E-state index is 8.83. The Kier molecular flexibility index (Phi) is 4.00. The van der Waals surface area contributed by atoms with Gasteiger partial charge in [-0.2, -0.15) is 4.52 Å². The third-order valence-corrected chi connectivity index (χ3v) is 4.12. The van der Waals surface area contributed by atoms with Crippen LogP contribution in [0.3, 0.4) is 0 Å². The van der Waals surface area contributed by atoms with E-state index in [4.69, 9.17) is 10.9 Å². The summed E-state index contributed by atoms with van der Waals surface area (Å²) in [7, 11) is 0. The molecule has 0 saturated carbocycles. The summed E-state index contributed by atoms with van der Waals surface area (Å²) in [6.07, 6.45) is 1.15. The molecule has 3 aromatic heterocycles. The largest absolute Gasteiger partial charge is 0.411 e. The molecule has 0 aliphatic carbocycles. The smallest absolute Gasteiger partial charge is 0.223 e. The number of pyridine rings is 1. The summed E-state index contributed by atoms with van der Waals surface area (Å²) in [5.41, 5.74) is 11.7. The molecule has 0 unspecified atom stereocenters. The van der Waals surface area contributed by atoms with Crippen molar-refractivity contribution in [2.75, 3.05) is 5.73 Å². The molecule has 27 heavy (non-hydrogen) atoms.